The number of nitrogens with zero attached hydrogens (tertiary/aromatic N) is 3. The van der Waals surface area contributed by atoms with Crippen LogP contribution in [0.15, 0.2) is 53.6 Å². The minimum Gasteiger partial charge on any atom is -0.351 e. The Balaban J connectivity index is 1.39. The summed E-state index contributed by atoms with van der Waals surface area (Å²) < 4.78 is 28.0. The molecule has 0 saturated heterocycles. The van der Waals surface area contributed by atoms with Crippen molar-refractivity contribution in [3.8, 4) is 11.3 Å². The second-order valence-electron chi connectivity index (χ2n) is 9.08. The number of aromatic nitrogens is 4. The second-order valence-corrected chi connectivity index (χ2v) is 11.1. The van der Waals surface area contributed by atoms with Crippen LogP contribution in [0, 0.1) is 0 Å². The number of hydrogen-bond donors (Lipinski definition) is 4. The van der Waals surface area contributed by atoms with E-state index >= 15 is 0 Å². The Bertz CT molecular complexity index is 1500. The Morgan fingerprint density at radius 3 is 2.67 bits per heavy atom. The van der Waals surface area contributed by atoms with Crippen molar-refractivity contribution in [3.63, 3.8) is 0 Å². The van der Waals surface area contributed by atoms with Crippen molar-refractivity contribution in [2.75, 3.05) is 10.0 Å². The van der Waals surface area contributed by atoms with Gasteiger partial charge in [0.05, 0.1) is 16.2 Å². The van der Waals surface area contributed by atoms with Crippen LogP contribution in [0.2, 0.25) is 5.02 Å². The molecule has 5 rings (SSSR count). The third-order valence-corrected chi connectivity index (χ3v) is 8.36. The molecule has 4 aromatic rings. The summed E-state index contributed by atoms with van der Waals surface area (Å²) in [7, 11) is -3.88. The first kappa shape index (κ1) is 24.5. The highest BCUT2D eigenvalue weighted by atomic mass is 35.5. The molecule has 2 aromatic carbocycles. The van der Waals surface area contributed by atoms with E-state index in [-0.39, 0.29) is 15.7 Å². The first-order valence-electron chi connectivity index (χ1n) is 12.0. The van der Waals surface area contributed by atoms with Crippen LogP contribution in [0.1, 0.15) is 38.2 Å². The van der Waals surface area contributed by atoms with Gasteiger partial charge in [0, 0.05) is 35.3 Å². The fourth-order valence-corrected chi connectivity index (χ4v) is 6.05. The van der Waals surface area contributed by atoms with Gasteiger partial charge < -0.3 is 11.1 Å². The lowest BCUT2D eigenvalue weighted by Gasteiger charge is -2.26. The van der Waals surface area contributed by atoms with E-state index in [4.69, 9.17) is 22.3 Å². The van der Waals surface area contributed by atoms with E-state index in [1.165, 1.54) is 12.1 Å². The lowest BCUT2D eigenvalue weighted by molar-refractivity contribution is 0.410. The Hall–Kier alpha value is -3.21. The molecule has 0 aliphatic heterocycles. The molecule has 188 valence electrons. The highest BCUT2D eigenvalue weighted by molar-refractivity contribution is 7.92. The van der Waals surface area contributed by atoms with Crippen LogP contribution < -0.4 is 15.8 Å². The predicted molar refractivity (Wildman–Crippen MR) is 143 cm³/mol. The van der Waals surface area contributed by atoms with Crippen LogP contribution in [-0.2, 0) is 16.4 Å². The summed E-state index contributed by atoms with van der Waals surface area (Å²) in [4.78, 5) is 9.34. The minimum absolute atomic E-state index is 0.00664. The molecule has 9 nitrogen and oxygen atoms in total. The molecule has 0 spiro atoms. The molecule has 1 aliphatic carbocycles. The molecule has 0 bridgehead atoms. The Labute approximate surface area is 214 Å². The summed E-state index contributed by atoms with van der Waals surface area (Å²) in [5.41, 5.74) is 9.51. The molecule has 1 saturated carbocycles. The third-order valence-electron chi connectivity index (χ3n) is 6.50. The number of aryl methyl sites for hydroxylation is 1. The molecular weight excluding hydrogens is 498 g/mol. The van der Waals surface area contributed by atoms with Gasteiger partial charge >= 0.3 is 0 Å². The van der Waals surface area contributed by atoms with Crippen LogP contribution >= 0.6 is 11.6 Å². The number of halogens is 1. The summed E-state index contributed by atoms with van der Waals surface area (Å²) in [5.74, 6) is 0.800. The van der Waals surface area contributed by atoms with Crippen molar-refractivity contribution >= 4 is 44.3 Å². The van der Waals surface area contributed by atoms with Gasteiger partial charge in [-0.2, -0.15) is 5.10 Å². The number of H-pyrrole nitrogens is 1. The Morgan fingerprint density at radius 1 is 1.14 bits per heavy atom. The topological polar surface area (TPSA) is 139 Å². The maximum absolute atomic E-state index is 12.8. The van der Waals surface area contributed by atoms with Crippen molar-refractivity contribution in [1.82, 2.24) is 20.2 Å². The average molecular weight is 526 g/mol. The van der Waals surface area contributed by atoms with Gasteiger partial charge in [0.15, 0.2) is 5.82 Å². The summed E-state index contributed by atoms with van der Waals surface area (Å²) in [5, 5.41) is 11.6. The number of rotatable bonds is 7. The molecule has 5 N–H and O–H groups in total. The van der Waals surface area contributed by atoms with Crippen LogP contribution in [0.25, 0.3) is 22.2 Å². The van der Waals surface area contributed by atoms with Gasteiger partial charge in [-0.25, -0.2) is 18.4 Å². The van der Waals surface area contributed by atoms with E-state index in [9.17, 15) is 8.42 Å². The van der Waals surface area contributed by atoms with Crippen molar-refractivity contribution in [1.29, 1.82) is 0 Å². The lowest BCUT2D eigenvalue weighted by Crippen LogP contribution is -2.33. The Morgan fingerprint density at radius 2 is 1.92 bits per heavy atom. The minimum atomic E-state index is -3.88. The van der Waals surface area contributed by atoms with E-state index in [0.29, 0.717) is 23.7 Å². The molecular formula is C25H28ClN7O2S. The number of fused-ring (bicyclic) bond motifs is 1. The predicted octanol–water partition coefficient (Wildman–Crippen LogP) is 4.72. The fourth-order valence-electron chi connectivity index (χ4n) is 4.54. The number of aromatic amines is 1. The summed E-state index contributed by atoms with van der Waals surface area (Å²) in [6.07, 6.45) is 6.65. The SMILES string of the molecule is CCc1cc(-c2cc(NS(=O)(=O)c3ccccc3Cl)n[nH]2)cc2cnc(NC3CCC(N)CC3)nc12. The van der Waals surface area contributed by atoms with E-state index in [1.807, 2.05) is 18.3 Å². The summed E-state index contributed by atoms with van der Waals surface area (Å²) in [6, 6.07) is 12.6. The van der Waals surface area contributed by atoms with Gasteiger partial charge in [-0.05, 0) is 61.9 Å². The zero-order valence-electron chi connectivity index (χ0n) is 19.8. The van der Waals surface area contributed by atoms with E-state index in [2.05, 4.69) is 32.1 Å². The van der Waals surface area contributed by atoms with Crippen molar-refractivity contribution < 1.29 is 8.42 Å². The molecule has 11 heteroatoms. The standard InChI is InChI=1S/C25H28ClN7O2S/c1-2-15-11-16(12-17-14-28-25(30-24(15)17)29-19-9-7-18(27)8-10-19)21-13-23(32-31-21)33-36(34,35)22-6-4-3-5-20(22)26/h3-6,11-14,18-19H,2,7-10,27H2,1H3,(H,28,29,30)(H2,31,32,33). The normalized spacial score (nSPS) is 18.3. The molecule has 2 heterocycles. The highest BCUT2D eigenvalue weighted by Crippen LogP contribution is 2.29. The smallest absolute Gasteiger partial charge is 0.264 e. The Kier molecular flexibility index (Phi) is 6.83. The monoisotopic (exact) mass is 525 g/mol. The van der Waals surface area contributed by atoms with Gasteiger partial charge in [0.25, 0.3) is 10.0 Å². The number of anilines is 2. The molecule has 0 atom stereocenters. The van der Waals surface area contributed by atoms with Gasteiger partial charge in [-0.1, -0.05) is 30.7 Å². The number of nitrogens with one attached hydrogen (secondary N) is 3. The maximum Gasteiger partial charge on any atom is 0.264 e. The molecule has 2 aromatic heterocycles. The molecule has 1 aliphatic rings. The van der Waals surface area contributed by atoms with E-state index < -0.39 is 10.0 Å². The molecule has 0 unspecified atom stereocenters. The van der Waals surface area contributed by atoms with Crippen LogP contribution in [0.5, 0.6) is 0 Å². The van der Waals surface area contributed by atoms with E-state index in [1.54, 1.807) is 18.2 Å². The van der Waals surface area contributed by atoms with Gasteiger partial charge in [-0.15, -0.1) is 0 Å². The van der Waals surface area contributed by atoms with Crippen molar-refractivity contribution in [2.24, 2.45) is 5.73 Å². The lowest BCUT2D eigenvalue weighted by atomic mass is 9.92. The summed E-state index contributed by atoms with van der Waals surface area (Å²) in [6.45, 7) is 2.08. The number of sulfonamides is 1. The van der Waals surface area contributed by atoms with Gasteiger partial charge in [-0.3, -0.25) is 9.82 Å². The maximum atomic E-state index is 12.8. The number of nitrogens with two attached hydrogens (primary N) is 1. The van der Waals surface area contributed by atoms with Crippen molar-refractivity contribution in [2.45, 2.75) is 56.0 Å². The van der Waals surface area contributed by atoms with Gasteiger partial charge in [0.1, 0.15) is 4.90 Å². The van der Waals surface area contributed by atoms with Crippen LogP contribution in [0.3, 0.4) is 0 Å². The van der Waals surface area contributed by atoms with Crippen LogP contribution in [0.4, 0.5) is 11.8 Å². The zero-order chi connectivity index (χ0) is 25.3. The number of hydrogen-bond acceptors (Lipinski definition) is 7. The van der Waals surface area contributed by atoms with Crippen LogP contribution in [-0.4, -0.2) is 40.7 Å². The molecule has 1 fully saturated rings. The first-order chi connectivity index (χ1) is 17.3. The van der Waals surface area contributed by atoms with Crippen molar-refractivity contribution in [3.05, 3.63) is 59.2 Å². The summed E-state index contributed by atoms with van der Waals surface area (Å²) >= 11 is 6.07. The largest absolute Gasteiger partial charge is 0.351 e. The molecule has 0 amide bonds. The molecule has 0 radical (unpaired) electrons. The first-order valence-corrected chi connectivity index (χ1v) is 13.8. The molecule has 36 heavy (non-hydrogen) atoms. The average Bonchev–Trinajstić information content (AvgIpc) is 3.32. The number of benzene rings is 2. The van der Waals surface area contributed by atoms with Gasteiger partial charge in [0.2, 0.25) is 5.95 Å². The fraction of sp³-hybridized carbons (Fsp3) is 0.320. The second kappa shape index (κ2) is 10.0. The quantitative estimate of drug-likeness (QED) is 0.274. The third kappa shape index (κ3) is 5.16. The highest BCUT2D eigenvalue weighted by Gasteiger charge is 2.21. The zero-order valence-corrected chi connectivity index (χ0v) is 21.4. The van der Waals surface area contributed by atoms with E-state index in [0.717, 1.165) is 54.1 Å².